The van der Waals surface area contributed by atoms with Crippen molar-refractivity contribution in [3.63, 3.8) is 0 Å². The van der Waals surface area contributed by atoms with E-state index in [2.05, 4.69) is 9.47 Å². The summed E-state index contributed by atoms with van der Waals surface area (Å²) in [6.45, 7) is 0. The highest BCUT2D eigenvalue weighted by Gasteiger charge is 2.54. The second-order valence-electron chi connectivity index (χ2n) is 4.54. The number of alkyl halides is 4. The van der Waals surface area contributed by atoms with E-state index in [9.17, 15) is 22.4 Å². The van der Waals surface area contributed by atoms with Gasteiger partial charge in [-0.1, -0.05) is 0 Å². The molecule has 3 rings (SSSR count). The second kappa shape index (κ2) is 4.08. The molecule has 1 fully saturated rings. The molecule has 1 heterocycles. The van der Waals surface area contributed by atoms with Gasteiger partial charge in [-0.25, -0.2) is 4.74 Å². The van der Waals surface area contributed by atoms with Crippen molar-refractivity contribution >= 4 is 5.97 Å². The van der Waals surface area contributed by atoms with Crippen LogP contribution in [0, 0.1) is 5.92 Å². The predicted molar refractivity (Wildman–Crippen MR) is 55.4 cm³/mol. The SMILES string of the molecule is O=C(Oc1ccc2c(c1)C(F)(F)OC(F)(F)O2)C1CC1. The molecule has 2 aliphatic rings. The summed E-state index contributed by atoms with van der Waals surface area (Å²) in [7, 11) is 0. The first-order valence-corrected chi connectivity index (χ1v) is 5.78. The molecular formula is C12H8F4O4. The molecular weight excluding hydrogens is 284 g/mol. The average molecular weight is 292 g/mol. The molecule has 108 valence electrons. The van der Waals surface area contributed by atoms with Gasteiger partial charge in [-0.2, -0.15) is 8.78 Å². The van der Waals surface area contributed by atoms with E-state index >= 15 is 0 Å². The van der Waals surface area contributed by atoms with Crippen LogP contribution in [0.3, 0.4) is 0 Å². The van der Waals surface area contributed by atoms with Gasteiger partial charge in [0.15, 0.2) is 0 Å². The summed E-state index contributed by atoms with van der Waals surface area (Å²) in [6, 6.07) is 2.75. The van der Waals surface area contributed by atoms with E-state index < -0.39 is 29.7 Å². The van der Waals surface area contributed by atoms with Crippen molar-refractivity contribution in [1.29, 1.82) is 0 Å². The summed E-state index contributed by atoms with van der Waals surface area (Å²) >= 11 is 0. The zero-order chi connectivity index (χ0) is 14.5. The molecule has 1 aromatic rings. The third-order valence-corrected chi connectivity index (χ3v) is 2.87. The van der Waals surface area contributed by atoms with Crippen molar-refractivity contribution in [2.24, 2.45) is 5.92 Å². The highest BCUT2D eigenvalue weighted by atomic mass is 19.3. The molecule has 0 bridgehead atoms. The van der Waals surface area contributed by atoms with Crippen LogP contribution in [0.2, 0.25) is 0 Å². The third-order valence-electron chi connectivity index (χ3n) is 2.87. The van der Waals surface area contributed by atoms with Gasteiger partial charge in [0, 0.05) is 0 Å². The lowest BCUT2D eigenvalue weighted by atomic mass is 10.1. The van der Waals surface area contributed by atoms with Gasteiger partial charge in [-0.05, 0) is 31.0 Å². The molecule has 1 aromatic carbocycles. The molecule has 1 aliphatic heterocycles. The molecule has 0 aromatic heterocycles. The van der Waals surface area contributed by atoms with Gasteiger partial charge >= 0.3 is 18.4 Å². The molecule has 1 saturated carbocycles. The Hall–Kier alpha value is -1.83. The molecule has 4 nitrogen and oxygen atoms in total. The molecule has 0 unspecified atom stereocenters. The van der Waals surface area contributed by atoms with Crippen molar-refractivity contribution in [2.75, 3.05) is 0 Å². The first kappa shape index (κ1) is 13.2. The maximum absolute atomic E-state index is 13.5. The quantitative estimate of drug-likeness (QED) is 0.477. The van der Waals surface area contributed by atoms with Crippen molar-refractivity contribution in [2.45, 2.75) is 25.2 Å². The molecule has 0 spiro atoms. The van der Waals surface area contributed by atoms with Crippen molar-refractivity contribution in [3.8, 4) is 11.5 Å². The van der Waals surface area contributed by atoms with Crippen LogP contribution in [-0.2, 0) is 15.6 Å². The Kier molecular flexibility index (Phi) is 2.69. The van der Waals surface area contributed by atoms with Gasteiger partial charge in [-0.3, -0.25) is 4.79 Å². The highest BCUT2D eigenvalue weighted by Crippen LogP contribution is 2.47. The van der Waals surface area contributed by atoms with E-state index in [1.807, 2.05) is 0 Å². The van der Waals surface area contributed by atoms with E-state index in [1.165, 1.54) is 0 Å². The molecule has 0 N–H and O–H groups in total. The van der Waals surface area contributed by atoms with Crippen LogP contribution < -0.4 is 9.47 Å². The number of halogens is 4. The smallest absolute Gasteiger partial charge is 0.426 e. The maximum atomic E-state index is 13.5. The summed E-state index contributed by atoms with van der Waals surface area (Å²) in [4.78, 5) is 11.4. The van der Waals surface area contributed by atoms with Crippen LogP contribution >= 0.6 is 0 Å². The number of carbonyl (C=O) groups is 1. The Morgan fingerprint density at radius 3 is 2.60 bits per heavy atom. The molecule has 0 atom stereocenters. The Morgan fingerprint density at radius 2 is 1.95 bits per heavy atom. The van der Waals surface area contributed by atoms with E-state index in [0.29, 0.717) is 12.8 Å². The van der Waals surface area contributed by atoms with Crippen LogP contribution in [0.4, 0.5) is 17.6 Å². The van der Waals surface area contributed by atoms with Crippen LogP contribution in [0.5, 0.6) is 11.5 Å². The highest BCUT2D eigenvalue weighted by molar-refractivity contribution is 5.77. The van der Waals surface area contributed by atoms with Crippen LogP contribution in [-0.4, -0.2) is 12.3 Å². The predicted octanol–water partition coefficient (Wildman–Crippen LogP) is 3.01. The first-order valence-electron chi connectivity index (χ1n) is 5.78. The summed E-state index contributed by atoms with van der Waals surface area (Å²) < 4.78 is 64.7. The number of hydrogen-bond acceptors (Lipinski definition) is 4. The average Bonchev–Trinajstić information content (AvgIpc) is 3.11. The second-order valence-corrected chi connectivity index (χ2v) is 4.54. The fourth-order valence-electron chi connectivity index (χ4n) is 1.76. The monoisotopic (exact) mass is 292 g/mol. The Bertz CT molecular complexity index is 569. The minimum absolute atomic E-state index is 0.169. The Morgan fingerprint density at radius 1 is 1.25 bits per heavy atom. The zero-order valence-corrected chi connectivity index (χ0v) is 9.87. The van der Waals surface area contributed by atoms with Crippen molar-refractivity contribution < 1.29 is 36.6 Å². The first-order chi connectivity index (χ1) is 9.27. The van der Waals surface area contributed by atoms with Crippen LogP contribution in [0.1, 0.15) is 18.4 Å². The molecule has 0 amide bonds. The lowest BCUT2D eigenvalue weighted by Gasteiger charge is -2.30. The van der Waals surface area contributed by atoms with Gasteiger partial charge < -0.3 is 9.47 Å². The van der Waals surface area contributed by atoms with E-state index in [1.54, 1.807) is 0 Å². The lowest BCUT2D eigenvalue weighted by molar-refractivity contribution is -0.461. The van der Waals surface area contributed by atoms with Crippen molar-refractivity contribution in [3.05, 3.63) is 23.8 Å². The summed E-state index contributed by atoms with van der Waals surface area (Å²) in [5.74, 6) is -1.64. The molecule has 0 radical (unpaired) electrons. The largest absolute Gasteiger partial charge is 0.540 e. The molecule has 8 heteroatoms. The van der Waals surface area contributed by atoms with Gasteiger partial charge in [-0.15, -0.1) is 8.78 Å². The number of carbonyl (C=O) groups excluding carboxylic acids is 1. The van der Waals surface area contributed by atoms with E-state index in [-0.39, 0.29) is 11.7 Å². The fourth-order valence-corrected chi connectivity index (χ4v) is 1.76. The standard InChI is InChI=1S/C12H8F4O4/c13-11(14)8-5-7(18-10(17)6-1-2-6)3-4-9(8)19-12(15,16)20-11/h3-6H,1-2H2. The van der Waals surface area contributed by atoms with Crippen LogP contribution in [0.15, 0.2) is 18.2 Å². The summed E-state index contributed by atoms with van der Waals surface area (Å²) in [6.07, 6.45) is -7.27. The van der Waals surface area contributed by atoms with Crippen molar-refractivity contribution in [1.82, 2.24) is 0 Å². The Balaban J connectivity index is 1.90. The van der Waals surface area contributed by atoms with Gasteiger partial charge in [0.05, 0.1) is 11.5 Å². The third kappa shape index (κ3) is 2.43. The van der Waals surface area contributed by atoms with Gasteiger partial charge in [0.1, 0.15) is 11.5 Å². The molecule has 0 saturated heterocycles. The lowest BCUT2D eigenvalue weighted by Crippen LogP contribution is -2.41. The normalized spacial score (nSPS) is 22.6. The minimum Gasteiger partial charge on any atom is -0.426 e. The number of hydrogen-bond donors (Lipinski definition) is 0. The number of esters is 1. The van der Waals surface area contributed by atoms with Gasteiger partial charge in [0.2, 0.25) is 0 Å². The van der Waals surface area contributed by atoms with E-state index in [0.717, 1.165) is 18.2 Å². The number of ether oxygens (including phenoxy) is 3. The number of rotatable bonds is 2. The van der Waals surface area contributed by atoms with Crippen LogP contribution in [0.25, 0.3) is 0 Å². The minimum atomic E-state index is -4.41. The van der Waals surface area contributed by atoms with E-state index in [4.69, 9.17) is 4.74 Å². The maximum Gasteiger partial charge on any atom is 0.540 e. The Labute approximate surface area is 110 Å². The fraction of sp³-hybridized carbons (Fsp3) is 0.417. The van der Waals surface area contributed by atoms with Gasteiger partial charge in [0.25, 0.3) is 0 Å². The molecule has 20 heavy (non-hydrogen) atoms. The summed E-state index contributed by atoms with van der Waals surface area (Å²) in [5.41, 5.74) is -0.912. The molecule has 1 aliphatic carbocycles. The zero-order valence-electron chi connectivity index (χ0n) is 9.87. The number of fused-ring (bicyclic) bond motifs is 1. The topological polar surface area (TPSA) is 44.8 Å². The summed E-state index contributed by atoms with van der Waals surface area (Å²) in [5, 5.41) is 0. The number of benzene rings is 1.